The van der Waals surface area contributed by atoms with Gasteiger partial charge in [0.2, 0.25) is 0 Å². The quantitative estimate of drug-likeness (QED) is 0.0510. The van der Waals surface area contributed by atoms with Gasteiger partial charge in [-0.25, -0.2) is 4.57 Å². The van der Waals surface area contributed by atoms with Crippen molar-refractivity contribution in [1.29, 1.82) is 0 Å². The van der Waals surface area contributed by atoms with Crippen molar-refractivity contribution in [2.75, 3.05) is 0 Å². The van der Waals surface area contributed by atoms with Gasteiger partial charge in [0.1, 0.15) is 0 Å². The largest absolute Gasteiger partial charge is 0.472 e. The zero-order valence-electron chi connectivity index (χ0n) is 36.5. The van der Waals surface area contributed by atoms with Crippen molar-refractivity contribution in [3.05, 3.63) is 0 Å². The van der Waals surface area contributed by atoms with Gasteiger partial charge < -0.3 is 4.89 Å². The monoisotopic (exact) mass is 767 g/mol. The van der Waals surface area contributed by atoms with Gasteiger partial charge in [0.15, 0.2) is 0 Å². The third-order valence-corrected chi connectivity index (χ3v) is 14.5. The van der Waals surface area contributed by atoms with Crippen molar-refractivity contribution >= 4 is 7.82 Å². The smallest absolute Gasteiger partial charge is 0.302 e. The average Bonchev–Trinajstić information content (AvgIpc) is 3.15. The van der Waals surface area contributed by atoms with Gasteiger partial charge in [-0.2, -0.15) is 0 Å². The Balaban J connectivity index is 1.71. The van der Waals surface area contributed by atoms with Crippen molar-refractivity contribution < 1.29 is 18.5 Å². The molecule has 0 aromatic carbocycles. The van der Waals surface area contributed by atoms with Crippen molar-refractivity contribution in [2.45, 2.75) is 284 Å². The summed E-state index contributed by atoms with van der Waals surface area (Å²) in [5.74, 6) is 3.22. The van der Waals surface area contributed by atoms with Crippen LogP contribution in [0.3, 0.4) is 0 Å². The molecule has 53 heavy (non-hydrogen) atoms. The third-order valence-electron chi connectivity index (χ3n) is 13.3. The second-order valence-electron chi connectivity index (χ2n) is 18.4. The zero-order valence-corrected chi connectivity index (χ0v) is 37.3. The molecule has 4 nitrogen and oxygen atoms in total. The minimum Gasteiger partial charge on any atom is -0.302 e. The third kappa shape index (κ3) is 26.6. The van der Waals surface area contributed by atoms with Crippen LogP contribution >= 0.6 is 7.82 Å². The van der Waals surface area contributed by atoms with Gasteiger partial charge in [-0.15, -0.1) is 0 Å². The van der Waals surface area contributed by atoms with Gasteiger partial charge in [0.25, 0.3) is 0 Å². The molecule has 5 heteroatoms. The van der Waals surface area contributed by atoms with E-state index in [2.05, 4.69) is 27.7 Å². The highest BCUT2D eigenvalue weighted by atomic mass is 31.2. The molecule has 0 amide bonds. The fraction of sp³-hybridized carbons (Fsp3) is 1.00. The summed E-state index contributed by atoms with van der Waals surface area (Å²) in [5, 5.41) is 0. The molecule has 0 heterocycles. The Hall–Kier alpha value is 0.110. The van der Waals surface area contributed by atoms with Crippen molar-refractivity contribution in [3.8, 4) is 0 Å². The molecule has 0 spiro atoms. The highest BCUT2D eigenvalue weighted by molar-refractivity contribution is 7.47. The van der Waals surface area contributed by atoms with E-state index in [1.165, 1.54) is 193 Å². The first-order valence-corrected chi connectivity index (χ1v) is 26.1. The van der Waals surface area contributed by atoms with E-state index in [-0.39, 0.29) is 12.2 Å². The predicted octanol–water partition coefficient (Wildman–Crippen LogP) is 17.3. The molecule has 2 aliphatic carbocycles. The minimum atomic E-state index is -4.03. The van der Waals surface area contributed by atoms with E-state index < -0.39 is 7.82 Å². The molecular formula is C48H95O4P. The molecule has 0 aliphatic heterocycles. The highest BCUT2D eigenvalue weighted by Crippen LogP contribution is 2.51. The summed E-state index contributed by atoms with van der Waals surface area (Å²) in [5.41, 5.74) is 0. The lowest BCUT2D eigenvalue weighted by molar-refractivity contribution is 0.0327. The van der Waals surface area contributed by atoms with Crippen LogP contribution in [0.25, 0.3) is 0 Å². The Labute approximate surface area is 332 Å². The van der Waals surface area contributed by atoms with Crippen LogP contribution < -0.4 is 0 Å². The fourth-order valence-corrected chi connectivity index (χ4v) is 11.1. The summed E-state index contributed by atoms with van der Waals surface area (Å²) in [6, 6.07) is 0. The SMILES string of the molecule is CCCCCCCCCC(CCCCCCC)CC1CCC(OP(=O)(O)OC2CCC(CC(CCCCCCC)CCCCCCCCC)CC2)CC1. The lowest BCUT2D eigenvalue weighted by Crippen LogP contribution is -2.25. The second kappa shape index (κ2) is 33.1. The van der Waals surface area contributed by atoms with E-state index in [0.29, 0.717) is 0 Å². The summed E-state index contributed by atoms with van der Waals surface area (Å²) in [7, 11) is -4.03. The standard InChI is InChI=1S/C48H95O4P/c1-5-9-13-17-19-23-27-31-43(29-25-21-15-11-7-3)41-45-33-37-47(38-34-45)51-53(49,50)52-48-39-35-46(36-40-48)42-44(30-26-22-16-12-8-4)32-28-24-20-18-14-10-6-2/h43-48H,5-42H2,1-4H3,(H,49,50). The van der Waals surface area contributed by atoms with Gasteiger partial charge in [-0.05, 0) is 87.9 Å². The molecule has 0 aromatic rings. The molecular weight excluding hydrogens is 671 g/mol. The molecule has 2 fully saturated rings. The number of phosphoric ester groups is 1. The maximum atomic E-state index is 13.2. The first kappa shape index (κ1) is 49.3. The summed E-state index contributed by atoms with van der Waals surface area (Å²) in [4.78, 5) is 10.8. The van der Waals surface area contributed by atoms with E-state index >= 15 is 0 Å². The van der Waals surface area contributed by atoms with Crippen LogP contribution in [-0.2, 0) is 13.6 Å². The van der Waals surface area contributed by atoms with Crippen LogP contribution in [0.1, 0.15) is 272 Å². The van der Waals surface area contributed by atoms with Crippen molar-refractivity contribution in [2.24, 2.45) is 23.7 Å². The Morgan fingerprint density at radius 1 is 0.415 bits per heavy atom. The van der Waals surface area contributed by atoms with Crippen LogP contribution in [0.5, 0.6) is 0 Å². The van der Waals surface area contributed by atoms with Gasteiger partial charge in [-0.3, -0.25) is 9.05 Å². The minimum absolute atomic E-state index is 0.126. The Bertz CT molecular complexity index is 769. The predicted molar refractivity (Wildman–Crippen MR) is 232 cm³/mol. The molecule has 2 unspecified atom stereocenters. The van der Waals surface area contributed by atoms with Crippen molar-refractivity contribution in [3.63, 3.8) is 0 Å². The Morgan fingerprint density at radius 2 is 0.660 bits per heavy atom. The van der Waals surface area contributed by atoms with Crippen LogP contribution in [0, 0.1) is 23.7 Å². The van der Waals surface area contributed by atoms with Crippen LogP contribution in [0.2, 0.25) is 0 Å². The van der Waals surface area contributed by atoms with Crippen LogP contribution in [0.4, 0.5) is 0 Å². The molecule has 316 valence electrons. The van der Waals surface area contributed by atoms with E-state index in [9.17, 15) is 9.46 Å². The summed E-state index contributed by atoms with van der Waals surface area (Å²) < 4.78 is 25.0. The summed E-state index contributed by atoms with van der Waals surface area (Å²) >= 11 is 0. The van der Waals surface area contributed by atoms with Crippen LogP contribution in [0.15, 0.2) is 0 Å². The lowest BCUT2D eigenvalue weighted by Gasteiger charge is -2.34. The summed E-state index contributed by atoms with van der Waals surface area (Å²) in [6.07, 6.45) is 49.5. The van der Waals surface area contributed by atoms with E-state index in [1.807, 2.05) is 0 Å². The fourth-order valence-electron chi connectivity index (χ4n) is 9.90. The number of rotatable bonds is 36. The number of unbranched alkanes of at least 4 members (excludes halogenated alkanes) is 20. The number of hydrogen-bond acceptors (Lipinski definition) is 3. The molecule has 0 radical (unpaired) electrons. The van der Waals surface area contributed by atoms with Gasteiger partial charge in [-0.1, -0.05) is 207 Å². The van der Waals surface area contributed by atoms with Crippen molar-refractivity contribution in [1.82, 2.24) is 0 Å². The average molecular weight is 767 g/mol. The maximum absolute atomic E-state index is 13.2. The molecule has 1 N–H and O–H groups in total. The first-order chi connectivity index (χ1) is 25.9. The summed E-state index contributed by atoms with van der Waals surface area (Å²) in [6.45, 7) is 9.22. The lowest BCUT2D eigenvalue weighted by atomic mass is 9.79. The first-order valence-electron chi connectivity index (χ1n) is 24.6. The van der Waals surface area contributed by atoms with Gasteiger partial charge >= 0.3 is 7.82 Å². The normalized spacial score (nSPS) is 23.2. The topological polar surface area (TPSA) is 55.8 Å². The Kier molecular flexibility index (Phi) is 30.8. The number of phosphoric acid groups is 1. The number of hydrogen-bond donors (Lipinski definition) is 1. The Morgan fingerprint density at radius 3 is 0.925 bits per heavy atom. The zero-order chi connectivity index (χ0) is 38.2. The molecule has 2 rings (SSSR count). The van der Waals surface area contributed by atoms with Gasteiger partial charge in [0.05, 0.1) is 12.2 Å². The van der Waals surface area contributed by atoms with E-state index in [4.69, 9.17) is 9.05 Å². The molecule has 2 atom stereocenters. The molecule has 0 aromatic heterocycles. The molecule has 0 saturated heterocycles. The maximum Gasteiger partial charge on any atom is 0.472 e. The molecule has 2 aliphatic rings. The van der Waals surface area contributed by atoms with Crippen LogP contribution in [-0.4, -0.2) is 17.1 Å². The van der Waals surface area contributed by atoms with Gasteiger partial charge in [0, 0.05) is 0 Å². The molecule has 0 bridgehead atoms. The van der Waals surface area contributed by atoms with E-state index in [1.54, 1.807) is 0 Å². The molecule has 2 saturated carbocycles. The highest BCUT2D eigenvalue weighted by Gasteiger charge is 2.35. The van der Waals surface area contributed by atoms with E-state index in [0.717, 1.165) is 75.0 Å². The second-order valence-corrected chi connectivity index (χ2v) is 19.8.